The molecular weight excluding hydrogens is 286 g/mol. The standard InChI is InChI=1S/C19H25N3O/c1-13(2)8-10-21-19(23)18-12-16(9-11-20-18)22-17-7-5-6-14(3)15(17)4/h5-7,9,11-13H,8,10H2,1-4H3,(H,20,22)(H,21,23). The fourth-order valence-electron chi connectivity index (χ4n) is 2.24. The van der Waals surface area contributed by atoms with Crippen LogP contribution in [0.2, 0.25) is 0 Å². The number of rotatable bonds is 6. The number of hydrogen-bond donors (Lipinski definition) is 2. The van der Waals surface area contributed by atoms with Gasteiger partial charge in [0.15, 0.2) is 0 Å². The molecule has 0 saturated heterocycles. The van der Waals surface area contributed by atoms with Crippen LogP contribution in [0.1, 0.15) is 41.9 Å². The first kappa shape index (κ1) is 17.0. The highest BCUT2D eigenvalue weighted by Crippen LogP contribution is 2.22. The van der Waals surface area contributed by atoms with E-state index in [0.29, 0.717) is 18.2 Å². The largest absolute Gasteiger partial charge is 0.355 e. The monoisotopic (exact) mass is 311 g/mol. The minimum atomic E-state index is -0.129. The van der Waals surface area contributed by atoms with Crippen LogP contribution in [0.25, 0.3) is 0 Å². The van der Waals surface area contributed by atoms with Crippen molar-refractivity contribution in [3.63, 3.8) is 0 Å². The molecule has 122 valence electrons. The Bertz CT molecular complexity index is 680. The minimum absolute atomic E-state index is 0.129. The van der Waals surface area contributed by atoms with Crippen molar-refractivity contribution in [1.29, 1.82) is 0 Å². The lowest BCUT2D eigenvalue weighted by Crippen LogP contribution is -2.26. The molecule has 0 spiro atoms. The van der Waals surface area contributed by atoms with E-state index in [0.717, 1.165) is 17.8 Å². The van der Waals surface area contributed by atoms with E-state index >= 15 is 0 Å². The van der Waals surface area contributed by atoms with Gasteiger partial charge < -0.3 is 10.6 Å². The van der Waals surface area contributed by atoms with Crippen molar-refractivity contribution in [2.75, 3.05) is 11.9 Å². The Morgan fingerprint density at radius 3 is 2.74 bits per heavy atom. The number of amides is 1. The van der Waals surface area contributed by atoms with Gasteiger partial charge in [-0.1, -0.05) is 26.0 Å². The molecule has 23 heavy (non-hydrogen) atoms. The molecule has 0 aliphatic heterocycles. The van der Waals surface area contributed by atoms with E-state index in [-0.39, 0.29) is 5.91 Å². The predicted molar refractivity (Wildman–Crippen MR) is 95.2 cm³/mol. The van der Waals surface area contributed by atoms with Gasteiger partial charge in [-0.25, -0.2) is 0 Å². The van der Waals surface area contributed by atoms with Crippen molar-refractivity contribution >= 4 is 17.3 Å². The van der Waals surface area contributed by atoms with E-state index in [2.05, 4.69) is 49.4 Å². The van der Waals surface area contributed by atoms with Gasteiger partial charge in [0, 0.05) is 24.1 Å². The number of carbonyl (C=O) groups excluding carboxylic acids is 1. The summed E-state index contributed by atoms with van der Waals surface area (Å²) in [5, 5.41) is 6.28. The Balaban J connectivity index is 2.07. The second-order valence-corrected chi connectivity index (χ2v) is 6.24. The third kappa shape index (κ3) is 4.81. The number of hydrogen-bond acceptors (Lipinski definition) is 3. The van der Waals surface area contributed by atoms with Crippen LogP contribution < -0.4 is 10.6 Å². The number of aromatic nitrogens is 1. The fourth-order valence-corrected chi connectivity index (χ4v) is 2.24. The maximum absolute atomic E-state index is 12.2. The molecule has 0 saturated carbocycles. The van der Waals surface area contributed by atoms with E-state index in [9.17, 15) is 4.79 Å². The Morgan fingerprint density at radius 2 is 2.00 bits per heavy atom. The molecule has 2 rings (SSSR count). The number of benzene rings is 1. The summed E-state index contributed by atoms with van der Waals surface area (Å²) in [6.07, 6.45) is 2.62. The highest BCUT2D eigenvalue weighted by Gasteiger charge is 2.08. The highest BCUT2D eigenvalue weighted by atomic mass is 16.1. The second-order valence-electron chi connectivity index (χ2n) is 6.24. The number of pyridine rings is 1. The highest BCUT2D eigenvalue weighted by molar-refractivity contribution is 5.93. The van der Waals surface area contributed by atoms with Crippen LogP contribution in [0, 0.1) is 19.8 Å². The lowest BCUT2D eigenvalue weighted by atomic mass is 10.1. The van der Waals surface area contributed by atoms with Crippen molar-refractivity contribution in [3.05, 3.63) is 53.3 Å². The van der Waals surface area contributed by atoms with E-state index in [1.807, 2.05) is 18.2 Å². The summed E-state index contributed by atoms with van der Waals surface area (Å²) in [5.41, 5.74) is 4.78. The third-order valence-electron chi connectivity index (χ3n) is 3.88. The number of aryl methyl sites for hydroxylation is 1. The molecular formula is C19H25N3O. The van der Waals surface area contributed by atoms with Crippen LogP contribution in [-0.2, 0) is 0 Å². The Labute approximate surface area is 138 Å². The molecule has 0 aliphatic carbocycles. The second kappa shape index (κ2) is 7.77. The van der Waals surface area contributed by atoms with Crippen LogP contribution in [0.4, 0.5) is 11.4 Å². The van der Waals surface area contributed by atoms with Crippen LogP contribution >= 0.6 is 0 Å². The van der Waals surface area contributed by atoms with Gasteiger partial charge in [0.05, 0.1) is 0 Å². The number of nitrogens with one attached hydrogen (secondary N) is 2. The molecule has 0 radical (unpaired) electrons. The molecule has 1 aromatic heterocycles. The summed E-state index contributed by atoms with van der Waals surface area (Å²) in [7, 11) is 0. The summed E-state index contributed by atoms with van der Waals surface area (Å²) in [4.78, 5) is 16.3. The van der Waals surface area contributed by atoms with Gasteiger partial charge in [0.25, 0.3) is 5.91 Å². The molecule has 0 unspecified atom stereocenters. The van der Waals surface area contributed by atoms with Gasteiger partial charge in [0.2, 0.25) is 0 Å². The molecule has 1 amide bonds. The minimum Gasteiger partial charge on any atom is -0.355 e. The van der Waals surface area contributed by atoms with Gasteiger partial charge in [-0.15, -0.1) is 0 Å². The Morgan fingerprint density at radius 1 is 1.22 bits per heavy atom. The molecule has 2 N–H and O–H groups in total. The average Bonchev–Trinajstić information content (AvgIpc) is 2.52. The number of carbonyl (C=O) groups is 1. The smallest absolute Gasteiger partial charge is 0.269 e. The lowest BCUT2D eigenvalue weighted by molar-refractivity contribution is 0.0947. The van der Waals surface area contributed by atoms with Gasteiger partial charge in [-0.2, -0.15) is 0 Å². The molecule has 1 heterocycles. The van der Waals surface area contributed by atoms with Crippen molar-refractivity contribution in [3.8, 4) is 0 Å². The molecule has 0 fully saturated rings. The first-order valence-corrected chi connectivity index (χ1v) is 8.05. The summed E-state index contributed by atoms with van der Waals surface area (Å²) in [6.45, 7) is 9.12. The van der Waals surface area contributed by atoms with Crippen LogP contribution in [-0.4, -0.2) is 17.4 Å². The first-order chi connectivity index (χ1) is 11.0. The Hall–Kier alpha value is -2.36. The van der Waals surface area contributed by atoms with Crippen molar-refractivity contribution < 1.29 is 4.79 Å². The summed E-state index contributed by atoms with van der Waals surface area (Å²) >= 11 is 0. The van der Waals surface area contributed by atoms with E-state index < -0.39 is 0 Å². The molecule has 0 atom stereocenters. The first-order valence-electron chi connectivity index (χ1n) is 8.05. The average molecular weight is 311 g/mol. The summed E-state index contributed by atoms with van der Waals surface area (Å²) in [5.74, 6) is 0.441. The van der Waals surface area contributed by atoms with Gasteiger partial charge in [0.1, 0.15) is 5.69 Å². The predicted octanol–water partition coefficient (Wildman–Crippen LogP) is 4.22. The van der Waals surface area contributed by atoms with E-state index in [1.165, 1.54) is 11.1 Å². The summed E-state index contributed by atoms with van der Waals surface area (Å²) < 4.78 is 0. The molecule has 0 bridgehead atoms. The third-order valence-corrected chi connectivity index (χ3v) is 3.88. The zero-order valence-electron chi connectivity index (χ0n) is 14.3. The SMILES string of the molecule is Cc1cccc(Nc2ccnc(C(=O)NCCC(C)C)c2)c1C. The van der Waals surface area contributed by atoms with Gasteiger partial charge in [-0.3, -0.25) is 9.78 Å². The van der Waals surface area contributed by atoms with E-state index in [4.69, 9.17) is 0 Å². The Kier molecular flexibility index (Phi) is 5.74. The van der Waals surface area contributed by atoms with Gasteiger partial charge in [-0.05, 0) is 55.5 Å². The van der Waals surface area contributed by atoms with E-state index in [1.54, 1.807) is 12.3 Å². The number of anilines is 2. The van der Waals surface area contributed by atoms with Crippen molar-refractivity contribution in [2.24, 2.45) is 5.92 Å². The summed E-state index contributed by atoms with van der Waals surface area (Å²) in [6, 6.07) is 9.79. The molecule has 1 aromatic carbocycles. The molecule has 0 aliphatic rings. The maximum Gasteiger partial charge on any atom is 0.269 e. The van der Waals surface area contributed by atoms with Gasteiger partial charge >= 0.3 is 0 Å². The van der Waals surface area contributed by atoms with Crippen molar-refractivity contribution in [2.45, 2.75) is 34.1 Å². The molecule has 4 nitrogen and oxygen atoms in total. The van der Waals surface area contributed by atoms with Crippen LogP contribution in [0.15, 0.2) is 36.5 Å². The topological polar surface area (TPSA) is 54.0 Å². The zero-order valence-corrected chi connectivity index (χ0v) is 14.3. The molecule has 2 aromatic rings. The zero-order chi connectivity index (χ0) is 16.8. The normalized spacial score (nSPS) is 10.7. The maximum atomic E-state index is 12.2. The van der Waals surface area contributed by atoms with Crippen LogP contribution in [0.5, 0.6) is 0 Å². The quantitative estimate of drug-likeness (QED) is 0.840. The lowest BCUT2D eigenvalue weighted by Gasteiger charge is -2.12. The van der Waals surface area contributed by atoms with Crippen molar-refractivity contribution in [1.82, 2.24) is 10.3 Å². The fraction of sp³-hybridized carbons (Fsp3) is 0.368. The molecule has 4 heteroatoms. The number of nitrogens with zero attached hydrogens (tertiary/aromatic N) is 1. The van der Waals surface area contributed by atoms with Crippen LogP contribution in [0.3, 0.4) is 0 Å².